The lowest BCUT2D eigenvalue weighted by Gasteiger charge is -2.40. The van der Waals surface area contributed by atoms with E-state index in [1.54, 1.807) is 29.2 Å². The number of pyridine rings is 1. The van der Waals surface area contributed by atoms with Gasteiger partial charge in [0.1, 0.15) is 18.3 Å². The molecule has 1 atom stereocenters. The number of rotatable bonds is 11. The summed E-state index contributed by atoms with van der Waals surface area (Å²) in [5.74, 6) is -0.398. The molecular formula is C32H40F2N4O6. The van der Waals surface area contributed by atoms with Gasteiger partial charge in [0.2, 0.25) is 5.91 Å². The Hall–Kier alpha value is -3.96. The molecule has 12 heteroatoms. The molecule has 2 saturated carbocycles. The van der Waals surface area contributed by atoms with Gasteiger partial charge in [-0.2, -0.15) is 8.78 Å². The fraction of sp³-hybridized carbons (Fsp3) is 0.562. The van der Waals surface area contributed by atoms with Crippen molar-refractivity contribution in [3.63, 3.8) is 0 Å². The molecule has 44 heavy (non-hydrogen) atoms. The lowest BCUT2D eigenvalue weighted by Crippen LogP contribution is -2.58. The highest BCUT2D eigenvalue weighted by Crippen LogP contribution is 2.36. The van der Waals surface area contributed by atoms with Crippen LogP contribution in [0.5, 0.6) is 11.5 Å². The molecule has 1 saturated heterocycles. The van der Waals surface area contributed by atoms with Gasteiger partial charge >= 0.3 is 12.6 Å². The highest BCUT2D eigenvalue weighted by molar-refractivity contribution is 5.92. The number of halogens is 2. The van der Waals surface area contributed by atoms with Gasteiger partial charge in [-0.15, -0.1) is 0 Å². The molecule has 1 aromatic carbocycles. The van der Waals surface area contributed by atoms with Crippen molar-refractivity contribution in [1.29, 1.82) is 0 Å². The molecule has 2 aromatic rings. The Morgan fingerprint density at radius 1 is 1.02 bits per heavy atom. The highest BCUT2D eigenvalue weighted by atomic mass is 19.3. The number of anilines is 1. The van der Waals surface area contributed by atoms with Gasteiger partial charge in [0.15, 0.2) is 11.5 Å². The summed E-state index contributed by atoms with van der Waals surface area (Å²) < 4.78 is 42.0. The van der Waals surface area contributed by atoms with Gasteiger partial charge < -0.3 is 28.9 Å². The molecule has 3 aliphatic rings. The number of amides is 2. The second kappa shape index (κ2) is 14.2. The summed E-state index contributed by atoms with van der Waals surface area (Å²) in [6, 6.07) is 7.39. The lowest BCUT2D eigenvalue weighted by molar-refractivity contribution is -0.156. The monoisotopic (exact) mass is 614 g/mol. The van der Waals surface area contributed by atoms with Gasteiger partial charge in [-0.3, -0.25) is 14.6 Å². The van der Waals surface area contributed by atoms with Crippen LogP contribution in [-0.4, -0.2) is 84.6 Å². The zero-order valence-electron chi connectivity index (χ0n) is 25.3. The van der Waals surface area contributed by atoms with Crippen LogP contribution in [-0.2, 0) is 20.9 Å². The van der Waals surface area contributed by atoms with Crippen LogP contribution in [0.25, 0.3) is 0 Å². The quantitative estimate of drug-likeness (QED) is 0.337. The summed E-state index contributed by atoms with van der Waals surface area (Å²) in [6.45, 7) is -0.395. The molecule has 5 rings (SSSR count). The maximum absolute atomic E-state index is 13.3. The molecular weight excluding hydrogens is 574 g/mol. The summed E-state index contributed by atoms with van der Waals surface area (Å²) >= 11 is 0. The summed E-state index contributed by atoms with van der Waals surface area (Å²) in [6.07, 6.45) is 9.05. The van der Waals surface area contributed by atoms with E-state index in [4.69, 9.17) is 9.47 Å². The third kappa shape index (κ3) is 7.95. The Labute approximate surface area is 256 Å². The Morgan fingerprint density at radius 3 is 2.45 bits per heavy atom. The number of esters is 1. The van der Waals surface area contributed by atoms with E-state index in [1.165, 1.54) is 30.5 Å². The minimum atomic E-state index is -2.99. The van der Waals surface area contributed by atoms with E-state index in [9.17, 15) is 23.2 Å². The van der Waals surface area contributed by atoms with Crippen molar-refractivity contribution < 1.29 is 37.4 Å². The van der Waals surface area contributed by atoms with E-state index in [0.717, 1.165) is 38.5 Å². The molecule has 0 radical (unpaired) electrons. The highest BCUT2D eigenvalue weighted by Gasteiger charge is 2.36. The molecule has 2 aliphatic carbocycles. The molecule has 10 nitrogen and oxygen atoms in total. The topological polar surface area (TPSA) is 102 Å². The number of carbonyl (C=O) groups is 3. The number of alkyl halides is 2. The van der Waals surface area contributed by atoms with Crippen LogP contribution in [0.1, 0.15) is 67.9 Å². The van der Waals surface area contributed by atoms with Crippen molar-refractivity contribution in [3.05, 3.63) is 47.8 Å². The summed E-state index contributed by atoms with van der Waals surface area (Å²) in [4.78, 5) is 48.1. The number of hydrogen-bond donors (Lipinski definition) is 0. The molecule has 0 bridgehead atoms. The van der Waals surface area contributed by atoms with Gasteiger partial charge in [0.05, 0.1) is 6.61 Å². The molecule has 3 fully saturated rings. The van der Waals surface area contributed by atoms with Crippen molar-refractivity contribution >= 4 is 23.5 Å². The van der Waals surface area contributed by atoms with Crippen molar-refractivity contribution in [3.8, 4) is 11.5 Å². The van der Waals surface area contributed by atoms with Crippen LogP contribution >= 0.6 is 0 Å². The maximum Gasteiger partial charge on any atom is 0.387 e. The van der Waals surface area contributed by atoms with Gasteiger partial charge in [-0.1, -0.05) is 25.3 Å². The van der Waals surface area contributed by atoms with E-state index < -0.39 is 18.6 Å². The number of carbonyl (C=O) groups excluding carboxylic acids is 3. The van der Waals surface area contributed by atoms with E-state index in [-0.39, 0.29) is 49.1 Å². The molecule has 1 unspecified atom stereocenters. The second-order valence-electron chi connectivity index (χ2n) is 11.8. The van der Waals surface area contributed by atoms with E-state index in [1.807, 2.05) is 11.9 Å². The van der Waals surface area contributed by atoms with Crippen LogP contribution in [0.4, 0.5) is 14.5 Å². The average molecular weight is 615 g/mol. The third-order valence-corrected chi connectivity index (χ3v) is 8.60. The first kappa shape index (κ1) is 31.5. The SMILES string of the molecule is CC(=O)N1CCN(c2ccc(OC(F)F)c(OCC3CC3)c2)CC1C(=O)OCc1ccc(C(=O)N(C)C2CCCCC2)nc1. The number of aromatic nitrogens is 1. The van der Waals surface area contributed by atoms with Crippen LogP contribution < -0.4 is 14.4 Å². The van der Waals surface area contributed by atoms with Crippen LogP contribution in [0.15, 0.2) is 36.5 Å². The van der Waals surface area contributed by atoms with Crippen LogP contribution in [0.3, 0.4) is 0 Å². The number of ether oxygens (including phenoxy) is 3. The molecule has 238 valence electrons. The molecule has 2 amide bonds. The minimum absolute atomic E-state index is 0.0512. The first-order valence-corrected chi connectivity index (χ1v) is 15.3. The van der Waals surface area contributed by atoms with Gasteiger partial charge in [-0.05, 0) is 49.8 Å². The Morgan fingerprint density at radius 2 is 1.80 bits per heavy atom. The lowest BCUT2D eigenvalue weighted by atomic mass is 9.94. The smallest absolute Gasteiger partial charge is 0.387 e. The summed E-state index contributed by atoms with van der Waals surface area (Å²) in [5.41, 5.74) is 1.61. The maximum atomic E-state index is 13.3. The van der Waals surface area contributed by atoms with Crippen LogP contribution in [0, 0.1) is 5.92 Å². The first-order chi connectivity index (χ1) is 21.2. The average Bonchev–Trinajstić information content (AvgIpc) is 3.87. The third-order valence-electron chi connectivity index (χ3n) is 8.60. The number of hydrogen-bond acceptors (Lipinski definition) is 8. The predicted molar refractivity (Wildman–Crippen MR) is 158 cm³/mol. The van der Waals surface area contributed by atoms with Crippen LogP contribution in [0.2, 0.25) is 0 Å². The Bertz CT molecular complexity index is 1320. The number of benzene rings is 1. The molecule has 1 aliphatic heterocycles. The van der Waals surface area contributed by atoms with Gasteiger partial charge in [0.25, 0.3) is 5.91 Å². The van der Waals surface area contributed by atoms with Crippen molar-refractivity contribution in [2.45, 2.75) is 77.2 Å². The minimum Gasteiger partial charge on any atom is -0.489 e. The van der Waals surface area contributed by atoms with Crippen molar-refractivity contribution in [1.82, 2.24) is 14.8 Å². The summed E-state index contributed by atoms with van der Waals surface area (Å²) in [7, 11) is 1.82. The van der Waals surface area contributed by atoms with E-state index >= 15 is 0 Å². The van der Waals surface area contributed by atoms with E-state index in [0.29, 0.717) is 36.0 Å². The largest absolute Gasteiger partial charge is 0.489 e. The zero-order chi connectivity index (χ0) is 31.2. The van der Waals surface area contributed by atoms with Crippen molar-refractivity contribution in [2.24, 2.45) is 5.92 Å². The fourth-order valence-corrected chi connectivity index (χ4v) is 5.79. The molecule has 1 aromatic heterocycles. The Kier molecular flexibility index (Phi) is 10.2. The molecule has 0 N–H and O–H groups in total. The summed E-state index contributed by atoms with van der Waals surface area (Å²) in [5, 5.41) is 0. The normalized spacial score (nSPS) is 19.1. The zero-order valence-corrected chi connectivity index (χ0v) is 25.3. The van der Waals surface area contributed by atoms with Gasteiger partial charge in [0, 0.05) is 63.2 Å². The van der Waals surface area contributed by atoms with Crippen molar-refractivity contribution in [2.75, 3.05) is 38.2 Å². The predicted octanol–water partition coefficient (Wildman–Crippen LogP) is 4.66. The molecule has 2 heterocycles. The number of nitrogens with zero attached hydrogens (tertiary/aromatic N) is 4. The standard InChI is InChI=1S/C32H40F2N4O6/c1-21(39)38-15-14-37(25-11-13-28(44-32(33)34)29(16-25)42-19-22-8-9-22)18-27(38)31(41)43-20-23-10-12-26(35-17-23)30(40)36(2)24-6-4-3-5-7-24/h10-13,16-17,22,24,27,32H,3-9,14-15,18-20H2,1-2H3. The fourth-order valence-electron chi connectivity index (χ4n) is 5.79. The Balaban J connectivity index is 1.22. The van der Waals surface area contributed by atoms with E-state index in [2.05, 4.69) is 9.72 Å². The molecule has 0 spiro atoms. The van der Waals surface area contributed by atoms with Gasteiger partial charge in [-0.25, -0.2) is 4.79 Å². The first-order valence-electron chi connectivity index (χ1n) is 15.3. The number of piperazine rings is 1. The second-order valence-corrected chi connectivity index (χ2v) is 11.8.